The number of benzene rings is 1. The zero-order chi connectivity index (χ0) is 11.7. The van der Waals surface area contributed by atoms with Gasteiger partial charge in [0.2, 0.25) is 0 Å². The summed E-state index contributed by atoms with van der Waals surface area (Å²) in [6.45, 7) is 0. The highest BCUT2D eigenvalue weighted by Crippen LogP contribution is 2.63. The van der Waals surface area contributed by atoms with E-state index in [2.05, 4.69) is 24.3 Å². The molecule has 1 spiro atoms. The lowest BCUT2D eigenvalue weighted by molar-refractivity contribution is 0.0605. The van der Waals surface area contributed by atoms with E-state index in [1.54, 1.807) is 0 Å². The second-order valence-corrected chi connectivity index (χ2v) is 7.48. The van der Waals surface area contributed by atoms with Crippen LogP contribution in [0.5, 0.6) is 5.75 Å². The number of hydrogen-bond donors (Lipinski definition) is 0. The number of para-hydroxylation sites is 1. The predicted molar refractivity (Wildman–Crippen MR) is 69.8 cm³/mol. The zero-order valence-electron chi connectivity index (χ0n) is 10.2. The Bertz CT molecular complexity index is 470. The van der Waals surface area contributed by atoms with Gasteiger partial charge in [-0.15, -0.1) is 0 Å². The molecule has 3 fully saturated rings. The van der Waals surface area contributed by atoms with Gasteiger partial charge in [-0.1, -0.05) is 23.9 Å². The van der Waals surface area contributed by atoms with Crippen molar-refractivity contribution in [3.05, 3.63) is 24.3 Å². The zero-order valence-corrected chi connectivity index (χ0v) is 11.0. The molecule has 0 N–H and O–H groups in total. The molecule has 3 heteroatoms. The van der Waals surface area contributed by atoms with Crippen LogP contribution in [0.1, 0.15) is 25.7 Å². The second-order valence-electron chi connectivity index (χ2n) is 6.09. The summed E-state index contributed by atoms with van der Waals surface area (Å²) in [6, 6.07) is 8.47. The van der Waals surface area contributed by atoms with Crippen molar-refractivity contribution in [3.8, 4) is 5.75 Å². The Balaban J connectivity index is 1.48. The minimum Gasteiger partial charge on any atom is -0.475 e. The first-order valence-electron chi connectivity index (χ1n) is 6.96. The molecule has 94 valence electrons. The molecule has 2 saturated heterocycles. The molecule has 2 bridgehead atoms. The van der Waals surface area contributed by atoms with E-state index in [1.807, 2.05) is 11.8 Å². The van der Waals surface area contributed by atoms with Crippen molar-refractivity contribution >= 4 is 11.8 Å². The molecule has 0 amide bonds. The Morgan fingerprint density at radius 1 is 1.06 bits per heavy atom. The molecule has 1 aliphatic carbocycles. The summed E-state index contributed by atoms with van der Waals surface area (Å²) < 4.78 is 12.4. The molecule has 0 aromatic heterocycles. The molecule has 3 aliphatic heterocycles. The number of thioether (sulfide) groups is 1. The highest BCUT2D eigenvalue weighted by atomic mass is 32.2. The van der Waals surface area contributed by atoms with Gasteiger partial charge in [0, 0.05) is 12.8 Å². The third-order valence-corrected chi connectivity index (χ3v) is 6.47. The van der Waals surface area contributed by atoms with Crippen molar-refractivity contribution in [2.45, 2.75) is 47.7 Å². The van der Waals surface area contributed by atoms with Crippen molar-refractivity contribution in [1.82, 2.24) is 0 Å². The van der Waals surface area contributed by atoms with E-state index >= 15 is 0 Å². The van der Waals surface area contributed by atoms with Crippen LogP contribution in [0.25, 0.3) is 0 Å². The van der Waals surface area contributed by atoms with Crippen molar-refractivity contribution in [2.24, 2.45) is 11.8 Å². The summed E-state index contributed by atoms with van der Waals surface area (Å²) in [7, 11) is 0. The molecule has 5 rings (SSSR count). The monoisotopic (exact) mass is 260 g/mol. The van der Waals surface area contributed by atoms with E-state index in [4.69, 9.17) is 9.47 Å². The second kappa shape index (κ2) is 3.26. The average molecular weight is 260 g/mol. The lowest BCUT2D eigenvalue weighted by atomic mass is 9.82. The lowest BCUT2D eigenvalue weighted by Gasteiger charge is -2.24. The lowest BCUT2D eigenvalue weighted by Crippen LogP contribution is -2.27. The molecule has 18 heavy (non-hydrogen) atoms. The summed E-state index contributed by atoms with van der Waals surface area (Å²) in [4.78, 5) is 1.36. The van der Waals surface area contributed by atoms with Crippen molar-refractivity contribution in [2.75, 3.05) is 0 Å². The SMILES string of the molecule is c1ccc2c(c1)OC1(CC3C4CCC(O4)C3C1)S2. The molecule has 2 nitrogen and oxygen atoms in total. The molecule has 1 saturated carbocycles. The van der Waals surface area contributed by atoms with Gasteiger partial charge in [-0.3, -0.25) is 0 Å². The Morgan fingerprint density at radius 2 is 1.78 bits per heavy atom. The molecule has 4 aliphatic rings. The maximum atomic E-state index is 6.32. The fourth-order valence-corrected chi connectivity index (χ4v) is 5.89. The van der Waals surface area contributed by atoms with Crippen LogP contribution in [0, 0.1) is 11.8 Å². The average Bonchev–Trinajstić information content (AvgIpc) is 3.08. The molecule has 3 heterocycles. The first-order chi connectivity index (χ1) is 8.83. The third kappa shape index (κ3) is 1.19. The third-order valence-electron chi connectivity index (χ3n) is 5.12. The Kier molecular flexibility index (Phi) is 1.84. The van der Waals surface area contributed by atoms with Gasteiger partial charge in [-0.25, -0.2) is 0 Å². The predicted octanol–water partition coefficient (Wildman–Crippen LogP) is 3.45. The number of ether oxygens (including phenoxy) is 2. The maximum Gasteiger partial charge on any atom is 0.159 e. The molecular weight excluding hydrogens is 244 g/mol. The molecule has 1 aromatic rings. The smallest absolute Gasteiger partial charge is 0.159 e. The topological polar surface area (TPSA) is 18.5 Å². The van der Waals surface area contributed by atoms with E-state index in [0.717, 1.165) is 17.6 Å². The summed E-state index contributed by atoms with van der Waals surface area (Å²) in [5.74, 6) is 2.60. The summed E-state index contributed by atoms with van der Waals surface area (Å²) >= 11 is 1.96. The molecule has 1 aromatic carbocycles. The van der Waals surface area contributed by atoms with Crippen LogP contribution < -0.4 is 4.74 Å². The van der Waals surface area contributed by atoms with Crippen LogP contribution in [0.15, 0.2) is 29.2 Å². The van der Waals surface area contributed by atoms with Crippen LogP contribution >= 0.6 is 11.8 Å². The van der Waals surface area contributed by atoms with Crippen LogP contribution in [0.2, 0.25) is 0 Å². The van der Waals surface area contributed by atoms with E-state index in [9.17, 15) is 0 Å². The van der Waals surface area contributed by atoms with Gasteiger partial charge in [-0.2, -0.15) is 0 Å². The Morgan fingerprint density at radius 3 is 2.50 bits per heavy atom. The standard InChI is InChI=1S/C15H16O2S/c1-2-4-14-13(3-1)17-15(18-14)7-9-10(8-15)12-6-5-11(9)16-12/h1-4,9-12H,5-8H2. The molecule has 4 unspecified atom stereocenters. The van der Waals surface area contributed by atoms with Gasteiger partial charge in [0.1, 0.15) is 5.75 Å². The van der Waals surface area contributed by atoms with Crippen LogP contribution in [-0.2, 0) is 4.74 Å². The van der Waals surface area contributed by atoms with Crippen molar-refractivity contribution in [3.63, 3.8) is 0 Å². The summed E-state index contributed by atoms with van der Waals surface area (Å²) in [6.07, 6.45) is 5.98. The van der Waals surface area contributed by atoms with Gasteiger partial charge in [0.15, 0.2) is 4.93 Å². The van der Waals surface area contributed by atoms with Gasteiger partial charge in [0.25, 0.3) is 0 Å². The van der Waals surface area contributed by atoms with Gasteiger partial charge < -0.3 is 9.47 Å². The largest absolute Gasteiger partial charge is 0.475 e. The minimum absolute atomic E-state index is 0.0314. The van der Waals surface area contributed by atoms with Crippen molar-refractivity contribution < 1.29 is 9.47 Å². The Labute approximate surface area is 111 Å². The quantitative estimate of drug-likeness (QED) is 0.712. The van der Waals surface area contributed by atoms with E-state index < -0.39 is 0 Å². The fraction of sp³-hybridized carbons (Fsp3) is 0.600. The fourth-order valence-electron chi connectivity index (χ4n) is 4.44. The molecule has 4 atom stereocenters. The van der Waals surface area contributed by atoms with Gasteiger partial charge in [0.05, 0.1) is 17.1 Å². The minimum atomic E-state index is 0.0314. The van der Waals surface area contributed by atoms with E-state index in [-0.39, 0.29) is 4.93 Å². The molecule has 0 radical (unpaired) electrons. The number of fused-ring (bicyclic) bond motifs is 6. The highest BCUT2D eigenvalue weighted by molar-refractivity contribution is 8.00. The van der Waals surface area contributed by atoms with Gasteiger partial charge >= 0.3 is 0 Å². The van der Waals surface area contributed by atoms with E-state index in [1.165, 1.54) is 30.6 Å². The van der Waals surface area contributed by atoms with Gasteiger partial charge in [-0.05, 0) is 36.8 Å². The number of hydrogen-bond acceptors (Lipinski definition) is 3. The van der Waals surface area contributed by atoms with E-state index in [0.29, 0.717) is 12.2 Å². The highest BCUT2D eigenvalue weighted by Gasteiger charge is 2.60. The first-order valence-corrected chi connectivity index (χ1v) is 7.77. The number of rotatable bonds is 0. The molecular formula is C15H16O2S. The summed E-state index contributed by atoms with van der Waals surface area (Å²) in [5, 5.41) is 0. The maximum absolute atomic E-state index is 6.32. The summed E-state index contributed by atoms with van der Waals surface area (Å²) in [5.41, 5.74) is 0. The van der Waals surface area contributed by atoms with Crippen LogP contribution in [0.3, 0.4) is 0 Å². The first kappa shape index (κ1) is 10.2. The Hall–Kier alpha value is -0.670. The van der Waals surface area contributed by atoms with Crippen LogP contribution in [0.4, 0.5) is 0 Å². The van der Waals surface area contributed by atoms with Crippen molar-refractivity contribution in [1.29, 1.82) is 0 Å². The van der Waals surface area contributed by atoms with Crippen LogP contribution in [-0.4, -0.2) is 17.1 Å². The normalized spacial score (nSPS) is 47.3.